The van der Waals surface area contributed by atoms with Crippen molar-refractivity contribution in [3.05, 3.63) is 17.7 Å². The molecule has 0 aromatic carbocycles. The van der Waals surface area contributed by atoms with E-state index in [9.17, 15) is 4.79 Å². The van der Waals surface area contributed by atoms with Gasteiger partial charge in [0.15, 0.2) is 0 Å². The van der Waals surface area contributed by atoms with Crippen LogP contribution < -0.4 is 0 Å². The summed E-state index contributed by atoms with van der Waals surface area (Å²) >= 11 is 0. The second-order valence-electron chi connectivity index (χ2n) is 5.04. The maximum atomic E-state index is 11.8. The van der Waals surface area contributed by atoms with Crippen LogP contribution in [0.25, 0.3) is 0 Å². The SMILES string of the molecule is COC(=O)C1CCCc2cnc(C3CCC3)n21. The van der Waals surface area contributed by atoms with Crippen molar-refractivity contribution in [2.75, 3.05) is 7.11 Å². The largest absolute Gasteiger partial charge is 0.467 e. The van der Waals surface area contributed by atoms with Crippen LogP contribution >= 0.6 is 0 Å². The fourth-order valence-corrected chi connectivity index (χ4v) is 2.89. The van der Waals surface area contributed by atoms with Gasteiger partial charge in [0.25, 0.3) is 0 Å². The summed E-state index contributed by atoms with van der Waals surface area (Å²) in [4.78, 5) is 16.4. The summed E-state index contributed by atoms with van der Waals surface area (Å²) in [5, 5.41) is 0. The summed E-state index contributed by atoms with van der Waals surface area (Å²) in [7, 11) is 1.47. The van der Waals surface area contributed by atoms with Gasteiger partial charge in [0, 0.05) is 17.8 Å². The molecule has 1 saturated carbocycles. The fraction of sp³-hybridized carbons (Fsp3) is 0.692. The minimum Gasteiger partial charge on any atom is -0.467 e. The quantitative estimate of drug-likeness (QED) is 0.737. The number of hydrogen-bond donors (Lipinski definition) is 0. The first-order valence-electron chi connectivity index (χ1n) is 6.45. The van der Waals surface area contributed by atoms with Gasteiger partial charge in [-0.3, -0.25) is 0 Å². The Morgan fingerprint density at radius 1 is 1.41 bits per heavy atom. The third-order valence-electron chi connectivity index (χ3n) is 4.07. The van der Waals surface area contributed by atoms with Crippen LogP contribution in [0.1, 0.15) is 55.6 Å². The molecule has 1 fully saturated rings. The molecule has 4 heteroatoms. The molecule has 1 aromatic rings. The number of rotatable bonds is 2. The zero-order valence-corrected chi connectivity index (χ0v) is 10.2. The van der Waals surface area contributed by atoms with E-state index in [-0.39, 0.29) is 12.0 Å². The van der Waals surface area contributed by atoms with E-state index in [0.717, 1.165) is 25.1 Å². The standard InChI is InChI=1S/C13H18N2O2/c1-17-13(16)11-7-3-6-10-8-14-12(15(10)11)9-4-2-5-9/h8-9,11H,2-7H2,1H3. The average molecular weight is 234 g/mol. The molecule has 92 valence electrons. The highest BCUT2D eigenvalue weighted by Crippen LogP contribution is 2.39. The number of imidazole rings is 1. The first-order valence-corrected chi connectivity index (χ1v) is 6.45. The summed E-state index contributed by atoms with van der Waals surface area (Å²) in [5.41, 5.74) is 1.20. The fourth-order valence-electron chi connectivity index (χ4n) is 2.89. The second-order valence-corrected chi connectivity index (χ2v) is 5.04. The predicted octanol–water partition coefficient (Wildman–Crippen LogP) is 2.20. The zero-order chi connectivity index (χ0) is 11.8. The topological polar surface area (TPSA) is 44.1 Å². The Balaban J connectivity index is 1.98. The minimum absolute atomic E-state index is 0.121. The molecule has 0 spiro atoms. The van der Waals surface area contributed by atoms with Gasteiger partial charge in [-0.2, -0.15) is 0 Å². The van der Waals surface area contributed by atoms with E-state index in [2.05, 4.69) is 9.55 Å². The molecular formula is C13H18N2O2. The van der Waals surface area contributed by atoms with Crippen LogP contribution in [0.15, 0.2) is 6.20 Å². The van der Waals surface area contributed by atoms with Crippen LogP contribution in [0.4, 0.5) is 0 Å². The Hall–Kier alpha value is -1.32. The summed E-state index contributed by atoms with van der Waals surface area (Å²) in [6, 6.07) is -0.137. The highest BCUT2D eigenvalue weighted by molar-refractivity contribution is 5.74. The lowest BCUT2D eigenvalue weighted by Crippen LogP contribution is -2.29. The van der Waals surface area contributed by atoms with Crippen LogP contribution in [-0.2, 0) is 16.0 Å². The second kappa shape index (κ2) is 4.17. The smallest absolute Gasteiger partial charge is 0.328 e. The number of aromatic nitrogens is 2. The molecule has 1 unspecified atom stereocenters. The van der Waals surface area contributed by atoms with E-state index in [1.165, 1.54) is 32.1 Å². The van der Waals surface area contributed by atoms with Gasteiger partial charge in [0.1, 0.15) is 11.9 Å². The molecule has 4 nitrogen and oxygen atoms in total. The molecule has 1 aliphatic carbocycles. The number of nitrogens with zero attached hydrogens (tertiary/aromatic N) is 2. The maximum absolute atomic E-state index is 11.8. The van der Waals surface area contributed by atoms with Crippen LogP contribution in [0.3, 0.4) is 0 Å². The van der Waals surface area contributed by atoms with Crippen molar-refractivity contribution in [2.45, 2.75) is 50.5 Å². The van der Waals surface area contributed by atoms with Crippen molar-refractivity contribution in [3.8, 4) is 0 Å². The number of fused-ring (bicyclic) bond motifs is 1. The Morgan fingerprint density at radius 3 is 2.88 bits per heavy atom. The molecule has 0 radical (unpaired) electrons. The van der Waals surface area contributed by atoms with Crippen molar-refractivity contribution in [2.24, 2.45) is 0 Å². The molecule has 0 saturated heterocycles. The number of esters is 1. The highest BCUT2D eigenvalue weighted by Gasteiger charge is 2.33. The summed E-state index contributed by atoms with van der Waals surface area (Å²) in [6.45, 7) is 0. The number of hydrogen-bond acceptors (Lipinski definition) is 3. The average Bonchev–Trinajstić information content (AvgIpc) is 2.70. The van der Waals surface area contributed by atoms with Crippen LogP contribution in [-0.4, -0.2) is 22.6 Å². The third-order valence-corrected chi connectivity index (χ3v) is 4.07. The van der Waals surface area contributed by atoms with Gasteiger partial charge in [0.05, 0.1) is 7.11 Å². The molecule has 17 heavy (non-hydrogen) atoms. The van der Waals surface area contributed by atoms with E-state index in [1.54, 1.807) is 0 Å². The van der Waals surface area contributed by atoms with Crippen molar-refractivity contribution < 1.29 is 9.53 Å². The lowest BCUT2D eigenvalue weighted by atomic mass is 9.84. The van der Waals surface area contributed by atoms with Gasteiger partial charge >= 0.3 is 5.97 Å². The number of carbonyl (C=O) groups excluding carboxylic acids is 1. The van der Waals surface area contributed by atoms with Gasteiger partial charge in [-0.05, 0) is 32.1 Å². The number of methoxy groups -OCH3 is 1. The zero-order valence-electron chi connectivity index (χ0n) is 10.2. The predicted molar refractivity (Wildman–Crippen MR) is 62.8 cm³/mol. The Bertz CT molecular complexity index is 435. The van der Waals surface area contributed by atoms with Gasteiger partial charge in [-0.25, -0.2) is 9.78 Å². The molecule has 2 aliphatic rings. The van der Waals surface area contributed by atoms with E-state index in [4.69, 9.17) is 4.74 Å². The van der Waals surface area contributed by atoms with Gasteiger partial charge in [-0.15, -0.1) is 0 Å². The van der Waals surface area contributed by atoms with Gasteiger partial charge < -0.3 is 9.30 Å². The van der Waals surface area contributed by atoms with Crippen molar-refractivity contribution in [1.82, 2.24) is 9.55 Å². The number of carbonyl (C=O) groups is 1. The monoisotopic (exact) mass is 234 g/mol. The first kappa shape index (κ1) is 10.8. The first-order chi connectivity index (χ1) is 8.31. The molecular weight excluding hydrogens is 216 g/mol. The lowest BCUT2D eigenvalue weighted by molar-refractivity contribution is -0.145. The van der Waals surface area contributed by atoms with Gasteiger partial charge in [0.2, 0.25) is 0 Å². The number of aryl methyl sites for hydroxylation is 1. The molecule has 1 aromatic heterocycles. The summed E-state index contributed by atoms with van der Waals surface area (Å²) < 4.78 is 7.07. The molecule has 0 N–H and O–H groups in total. The Labute approximate surface area is 101 Å². The Kier molecular flexibility index (Phi) is 2.65. The third kappa shape index (κ3) is 1.66. The van der Waals surface area contributed by atoms with Crippen molar-refractivity contribution >= 4 is 5.97 Å². The molecule has 0 bridgehead atoms. The van der Waals surface area contributed by atoms with Crippen LogP contribution in [0, 0.1) is 0 Å². The van der Waals surface area contributed by atoms with Crippen molar-refractivity contribution in [1.29, 1.82) is 0 Å². The van der Waals surface area contributed by atoms with E-state index in [1.807, 2.05) is 6.20 Å². The van der Waals surface area contributed by atoms with Crippen LogP contribution in [0.5, 0.6) is 0 Å². The van der Waals surface area contributed by atoms with E-state index < -0.39 is 0 Å². The molecule has 2 heterocycles. The molecule has 3 rings (SSSR count). The van der Waals surface area contributed by atoms with E-state index >= 15 is 0 Å². The van der Waals surface area contributed by atoms with E-state index in [0.29, 0.717) is 5.92 Å². The highest BCUT2D eigenvalue weighted by atomic mass is 16.5. The summed E-state index contributed by atoms with van der Waals surface area (Å²) in [6.07, 6.45) is 8.63. The molecule has 1 aliphatic heterocycles. The Morgan fingerprint density at radius 2 is 2.24 bits per heavy atom. The van der Waals surface area contributed by atoms with Crippen molar-refractivity contribution in [3.63, 3.8) is 0 Å². The van der Waals surface area contributed by atoms with Gasteiger partial charge in [-0.1, -0.05) is 6.42 Å². The summed E-state index contributed by atoms with van der Waals surface area (Å²) in [5.74, 6) is 1.56. The lowest BCUT2D eigenvalue weighted by Gasteiger charge is -2.31. The molecule has 0 amide bonds. The maximum Gasteiger partial charge on any atom is 0.328 e. The minimum atomic E-state index is -0.137. The van der Waals surface area contributed by atoms with Crippen LogP contribution in [0.2, 0.25) is 0 Å². The normalized spacial score (nSPS) is 23.9. The molecule has 1 atom stereocenters. The number of ether oxygens (including phenoxy) is 1.